The number of rotatable bonds is 37. The zero-order chi connectivity index (χ0) is 38.2. The third-order valence-electron chi connectivity index (χ3n) is 8.55. The Bertz CT molecular complexity index is 1030. The highest BCUT2D eigenvalue weighted by molar-refractivity contribution is 7.46. The van der Waals surface area contributed by atoms with E-state index in [0.29, 0.717) is 12.8 Å². The van der Waals surface area contributed by atoms with Crippen LogP contribution in [0, 0.1) is 0 Å². The summed E-state index contributed by atoms with van der Waals surface area (Å²) in [5.41, 5.74) is 0. The largest absolute Gasteiger partial charge is 0.469 e. The predicted octanol–water partition coefficient (Wildman–Crippen LogP) is 12.5. The number of allylic oxidation sites excluding steroid dienone is 10. The molecule has 0 saturated carbocycles. The molecule has 0 aliphatic carbocycles. The van der Waals surface area contributed by atoms with Crippen LogP contribution in [0.1, 0.15) is 181 Å². The number of carbonyl (C=O) groups is 2. The van der Waals surface area contributed by atoms with Crippen LogP contribution >= 0.6 is 7.82 Å². The highest BCUT2D eigenvalue weighted by Gasteiger charge is 2.22. The lowest BCUT2D eigenvalue weighted by Gasteiger charge is -2.18. The van der Waals surface area contributed by atoms with Crippen LogP contribution in [0.5, 0.6) is 0 Å². The van der Waals surface area contributed by atoms with Gasteiger partial charge in [-0.05, 0) is 51.4 Å². The number of esters is 2. The molecule has 0 bridgehead atoms. The van der Waals surface area contributed by atoms with Gasteiger partial charge in [0.15, 0.2) is 6.10 Å². The van der Waals surface area contributed by atoms with Crippen molar-refractivity contribution in [3.05, 3.63) is 60.8 Å². The van der Waals surface area contributed by atoms with Gasteiger partial charge in [-0.15, -0.1) is 0 Å². The fourth-order valence-corrected chi connectivity index (χ4v) is 5.83. The summed E-state index contributed by atoms with van der Waals surface area (Å²) in [6.07, 6.45) is 48.1. The molecule has 0 aliphatic rings. The number of phosphoric acid groups is 1. The zero-order valence-electron chi connectivity index (χ0n) is 32.9. The maximum Gasteiger partial charge on any atom is 0.469 e. The topological polar surface area (TPSA) is 119 Å². The Morgan fingerprint density at radius 1 is 0.500 bits per heavy atom. The molecule has 300 valence electrons. The second-order valence-electron chi connectivity index (χ2n) is 13.6. The second kappa shape index (κ2) is 38.5. The van der Waals surface area contributed by atoms with E-state index in [-0.39, 0.29) is 19.4 Å². The number of unbranched alkanes of at least 4 members (excludes halogenated alkanes) is 17. The highest BCUT2D eigenvalue weighted by Crippen LogP contribution is 2.36. The normalized spacial score (nSPS) is 13.1. The lowest BCUT2D eigenvalue weighted by molar-refractivity contribution is -0.161. The number of carbonyl (C=O) groups excluding carboxylic acids is 2. The Balaban J connectivity index is 4.06. The van der Waals surface area contributed by atoms with E-state index in [1.807, 2.05) is 12.2 Å². The molecule has 0 heterocycles. The molecule has 0 rings (SSSR count). The van der Waals surface area contributed by atoms with E-state index in [0.717, 1.165) is 44.9 Å². The first-order valence-electron chi connectivity index (χ1n) is 20.6. The van der Waals surface area contributed by atoms with Crippen molar-refractivity contribution >= 4 is 19.8 Å². The molecule has 0 radical (unpaired) electrons. The highest BCUT2D eigenvalue weighted by atomic mass is 31.2. The average Bonchev–Trinajstić information content (AvgIpc) is 3.11. The number of hydrogen-bond acceptors (Lipinski definition) is 6. The van der Waals surface area contributed by atoms with Gasteiger partial charge >= 0.3 is 19.8 Å². The van der Waals surface area contributed by atoms with E-state index in [1.165, 1.54) is 96.3 Å². The van der Waals surface area contributed by atoms with Crippen molar-refractivity contribution in [1.82, 2.24) is 0 Å². The van der Waals surface area contributed by atoms with Crippen molar-refractivity contribution in [2.45, 2.75) is 187 Å². The van der Waals surface area contributed by atoms with Gasteiger partial charge in [0, 0.05) is 12.8 Å². The Morgan fingerprint density at radius 3 is 1.37 bits per heavy atom. The minimum absolute atomic E-state index is 0.143. The molecule has 2 N–H and O–H groups in total. The molecule has 0 aromatic carbocycles. The Hall–Kier alpha value is -2.25. The molecule has 0 unspecified atom stereocenters. The molecule has 0 aromatic rings. The summed E-state index contributed by atoms with van der Waals surface area (Å²) in [5.74, 6) is -0.980. The number of ether oxygens (including phenoxy) is 2. The first kappa shape index (κ1) is 49.8. The molecule has 9 heteroatoms. The molecular weight excluding hydrogens is 675 g/mol. The molecule has 0 amide bonds. The smallest absolute Gasteiger partial charge is 0.462 e. The fraction of sp³-hybridized carbons (Fsp3) is 0.721. The van der Waals surface area contributed by atoms with Crippen LogP contribution in [-0.2, 0) is 28.2 Å². The minimum Gasteiger partial charge on any atom is -0.462 e. The number of hydrogen-bond donors (Lipinski definition) is 2. The van der Waals surface area contributed by atoms with Gasteiger partial charge in [-0.3, -0.25) is 14.1 Å². The van der Waals surface area contributed by atoms with Crippen LogP contribution in [0.4, 0.5) is 0 Å². The van der Waals surface area contributed by atoms with Gasteiger partial charge in [-0.25, -0.2) is 4.57 Å². The first-order chi connectivity index (χ1) is 25.3. The molecule has 0 saturated heterocycles. The van der Waals surface area contributed by atoms with Crippen molar-refractivity contribution in [2.24, 2.45) is 0 Å². The van der Waals surface area contributed by atoms with Crippen LogP contribution in [0.15, 0.2) is 60.8 Å². The lowest BCUT2D eigenvalue weighted by Crippen LogP contribution is -2.29. The molecule has 1 atom stereocenters. The maximum atomic E-state index is 12.4. The summed E-state index contributed by atoms with van der Waals surface area (Å²) in [5, 5.41) is 0. The van der Waals surface area contributed by atoms with Crippen molar-refractivity contribution in [3.8, 4) is 0 Å². The predicted molar refractivity (Wildman–Crippen MR) is 216 cm³/mol. The summed E-state index contributed by atoms with van der Waals surface area (Å²) in [6.45, 7) is 3.59. The first-order valence-corrected chi connectivity index (χ1v) is 22.1. The second-order valence-corrected chi connectivity index (χ2v) is 14.9. The van der Waals surface area contributed by atoms with Crippen LogP contribution < -0.4 is 0 Å². The summed E-state index contributed by atoms with van der Waals surface area (Å²) >= 11 is 0. The Labute approximate surface area is 317 Å². The Kier molecular flexibility index (Phi) is 36.8. The third-order valence-corrected chi connectivity index (χ3v) is 9.04. The van der Waals surface area contributed by atoms with Gasteiger partial charge in [0.1, 0.15) is 6.61 Å². The molecule has 0 fully saturated rings. The van der Waals surface area contributed by atoms with Gasteiger partial charge in [0.05, 0.1) is 6.61 Å². The van der Waals surface area contributed by atoms with Crippen molar-refractivity contribution in [1.29, 1.82) is 0 Å². The van der Waals surface area contributed by atoms with Gasteiger partial charge in [0.2, 0.25) is 0 Å². The summed E-state index contributed by atoms with van der Waals surface area (Å²) in [4.78, 5) is 42.8. The maximum absolute atomic E-state index is 12.4. The van der Waals surface area contributed by atoms with E-state index < -0.39 is 32.5 Å². The van der Waals surface area contributed by atoms with Gasteiger partial charge in [0.25, 0.3) is 0 Å². The molecule has 0 aromatic heterocycles. The van der Waals surface area contributed by atoms with Crippen molar-refractivity contribution < 1.29 is 37.9 Å². The molecular formula is C43H75O8P. The minimum atomic E-state index is -4.77. The number of phosphoric ester groups is 1. The van der Waals surface area contributed by atoms with Crippen molar-refractivity contribution in [3.63, 3.8) is 0 Å². The SMILES string of the molecule is CCCCC/C=C\C/C=C\C/C=C\C/C=C\C/C=C\CCC(=O)OC[C@H](COP(=O)(O)O)OC(=O)CCCCCCCCCCCCCCCCC. The van der Waals surface area contributed by atoms with E-state index in [2.05, 4.69) is 67.0 Å². The molecule has 0 spiro atoms. The van der Waals surface area contributed by atoms with Crippen LogP contribution in [0.3, 0.4) is 0 Å². The van der Waals surface area contributed by atoms with E-state index in [4.69, 9.17) is 19.3 Å². The lowest BCUT2D eigenvalue weighted by atomic mass is 10.0. The van der Waals surface area contributed by atoms with Gasteiger partial charge < -0.3 is 19.3 Å². The average molecular weight is 751 g/mol. The molecule has 52 heavy (non-hydrogen) atoms. The molecule has 0 aliphatic heterocycles. The third kappa shape index (κ3) is 40.5. The van der Waals surface area contributed by atoms with Crippen LogP contribution in [0.2, 0.25) is 0 Å². The standard InChI is InChI=1S/C43H75O8P/c1-3-5-7-9-11-13-15-17-19-20-21-22-24-25-27-29-31-33-35-37-42(44)49-39-41(40-50-52(46,47)48)51-43(45)38-36-34-32-30-28-26-23-18-16-14-12-10-8-6-4-2/h11,13,17,19,21-22,25,27,31,33,41H,3-10,12,14-16,18,20,23-24,26,28-30,32,34-40H2,1-2H3,(H2,46,47,48)/b13-11-,19-17-,22-21-,27-25-,33-31-/t41-/m1/s1. The zero-order valence-corrected chi connectivity index (χ0v) is 33.8. The quantitative estimate of drug-likeness (QED) is 0.0279. The van der Waals surface area contributed by atoms with Gasteiger partial charge in [-0.2, -0.15) is 0 Å². The van der Waals surface area contributed by atoms with E-state index >= 15 is 0 Å². The van der Waals surface area contributed by atoms with Gasteiger partial charge in [-0.1, -0.05) is 177 Å². The van der Waals surface area contributed by atoms with Crippen LogP contribution in [0.25, 0.3) is 0 Å². The summed E-state index contributed by atoms with van der Waals surface area (Å²) < 4.78 is 26.3. The fourth-order valence-electron chi connectivity index (χ4n) is 5.47. The van der Waals surface area contributed by atoms with E-state index in [9.17, 15) is 14.2 Å². The van der Waals surface area contributed by atoms with E-state index in [1.54, 1.807) is 0 Å². The Morgan fingerprint density at radius 2 is 0.904 bits per heavy atom. The van der Waals surface area contributed by atoms with Crippen LogP contribution in [-0.4, -0.2) is 41.0 Å². The van der Waals surface area contributed by atoms with Crippen molar-refractivity contribution in [2.75, 3.05) is 13.2 Å². The summed E-state index contributed by atoms with van der Waals surface area (Å²) in [7, 11) is -4.77. The monoisotopic (exact) mass is 751 g/mol. The molecule has 8 nitrogen and oxygen atoms in total. The summed E-state index contributed by atoms with van der Waals surface area (Å²) in [6, 6.07) is 0.